The topological polar surface area (TPSA) is 100 Å². The lowest BCUT2D eigenvalue weighted by Gasteiger charge is -2.26. The predicted octanol–water partition coefficient (Wildman–Crippen LogP) is 2.92. The van der Waals surface area contributed by atoms with E-state index < -0.39 is 5.92 Å². The molecule has 37 heavy (non-hydrogen) atoms. The van der Waals surface area contributed by atoms with Gasteiger partial charge >= 0.3 is 0 Å². The van der Waals surface area contributed by atoms with E-state index in [2.05, 4.69) is 15.5 Å². The van der Waals surface area contributed by atoms with Crippen molar-refractivity contribution in [3.8, 4) is 5.75 Å². The SMILES string of the molecule is CC(C)Oc1ccc(N2C[C@H](C(=O)Nc3ccccc3C(=O)NCCCN3CCOCC3)CC2=O)cc1. The molecule has 1 atom stereocenters. The lowest BCUT2D eigenvalue weighted by atomic mass is 10.1. The van der Waals surface area contributed by atoms with Gasteiger partial charge in [0.25, 0.3) is 5.91 Å². The van der Waals surface area contributed by atoms with Crippen LogP contribution in [0.5, 0.6) is 5.75 Å². The molecular formula is C28H36N4O5. The molecule has 4 rings (SSSR count). The van der Waals surface area contributed by atoms with Crippen LogP contribution in [-0.4, -0.2) is 74.7 Å². The maximum absolute atomic E-state index is 13.1. The molecule has 0 radical (unpaired) electrons. The molecule has 2 aliphatic rings. The first-order valence-electron chi connectivity index (χ1n) is 13.0. The maximum atomic E-state index is 13.1. The van der Waals surface area contributed by atoms with E-state index in [9.17, 15) is 14.4 Å². The van der Waals surface area contributed by atoms with Gasteiger partial charge in [-0.2, -0.15) is 0 Å². The summed E-state index contributed by atoms with van der Waals surface area (Å²) in [5.74, 6) is -0.391. The molecule has 0 spiro atoms. The van der Waals surface area contributed by atoms with E-state index in [0.29, 0.717) is 17.8 Å². The van der Waals surface area contributed by atoms with Gasteiger partial charge in [-0.3, -0.25) is 19.3 Å². The fraction of sp³-hybridized carbons (Fsp3) is 0.464. The van der Waals surface area contributed by atoms with Gasteiger partial charge in [0.05, 0.1) is 36.5 Å². The van der Waals surface area contributed by atoms with Crippen LogP contribution < -0.4 is 20.3 Å². The molecule has 2 N–H and O–H groups in total. The van der Waals surface area contributed by atoms with Crippen LogP contribution in [0.25, 0.3) is 0 Å². The van der Waals surface area contributed by atoms with Gasteiger partial charge in [0.2, 0.25) is 11.8 Å². The summed E-state index contributed by atoms with van der Waals surface area (Å²) in [6.45, 7) is 8.99. The molecule has 9 nitrogen and oxygen atoms in total. The minimum absolute atomic E-state index is 0.0624. The van der Waals surface area contributed by atoms with Crippen LogP contribution in [-0.2, 0) is 14.3 Å². The Morgan fingerprint density at radius 2 is 1.81 bits per heavy atom. The van der Waals surface area contributed by atoms with Gasteiger partial charge in [0.15, 0.2) is 0 Å². The van der Waals surface area contributed by atoms with E-state index in [1.807, 2.05) is 38.1 Å². The van der Waals surface area contributed by atoms with Gasteiger partial charge in [-0.15, -0.1) is 0 Å². The van der Waals surface area contributed by atoms with Crippen LogP contribution in [0.4, 0.5) is 11.4 Å². The highest BCUT2D eigenvalue weighted by atomic mass is 16.5. The van der Waals surface area contributed by atoms with E-state index >= 15 is 0 Å². The quantitative estimate of drug-likeness (QED) is 0.479. The second-order valence-corrected chi connectivity index (χ2v) is 9.66. The molecule has 3 amide bonds. The maximum Gasteiger partial charge on any atom is 0.253 e. The standard InChI is InChI=1S/C28H36N4O5/c1-20(2)37-23-10-8-22(9-11-23)32-19-21(18-26(32)33)27(34)30-25-7-4-3-6-24(25)28(35)29-12-5-13-31-14-16-36-17-15-31/h3-4,6-11,20-21H,5,12-19H2,1-2H3,(H,29,35)(H,30,34)/t21-/m1/s1. The Kier molecular flexibility index (Phi) is 9.14. The summed E-state index contributed by atoms with van der Waals surface area (Å²) in [4.78, 5) is 42.5. The number of morpholine rings is 1. The highest BCUT2D eigenvalue weighted by Crippen LogP contribution is 2.28. The number of hydrogen-bond donors (Lipinski definition) is 2. The van der Waals surface area contributed by atoms with Crippen molar-refractivity contribution in [1.29, 1.82) is 0 Å². The van der Waals surface area contributed by atoms with Crippen molar-refractivity contribution in [2.45, 2.75) is 32.8 Å². The lowest BCUT2D eigenvalue weighted by Crippen LogP contribution is -2.38. The monoisotopic (exact) mass is 508 g/mol. The molecule has 2 aliphatic heterocycles. The van der Waals surface area contributed by atoms with Crippen molar-refractivity contribution >= 4 is 29.1 Å². The molecule has 0 unspecified atom stereocenters. The zero-order valence-corrected chi connectivity index (χ0v) is 21.6. The molecule has 0 bridgehead atoms. The fourth-order valence-electron chi connectivity index (χ4n) is 4.56. The molecule has 198 valence electrons. The van der Waals surface area contributed by atoms with E-state index in [1.165, 1.54) is 0 Å². The number of benzene rings is 2. The first-order valence-corrected chi connectivity index (χ1v) is 13.0. The minimum Gasteiger partial charge on any atom is -0.491 e. The second kappa shape index (κ2) is 12.7. The number of carbonyl (C=O) groups excluding carboxylic acids is 3. The normalized spacial score (nSPS) is 18.2. The average molecular weight is 509 g/mol. The lowest BCUT2D eigenvalue weighted by molar-refractivity contribution is -0.122. The molecule has 0 aromatic heterocycles. The highest BCUT2D eigenvalue weighted by molar-refractivity contribution is 6.07. The van der Waals surface area contributed by atoms with Gasteiger partial charge in [-0.1, -0.05) is 12.1 Å². The van der Waals surface area contributed by atoms with Crippen molar-refractivity contribution in [2.75, 3.05) is 56.2 Å². The molecule has 2 heterocycles. The molecule has 0 saturated carbocycles. The molecule has 2 aromatic carbocycles. The first-order chi connectivity index (χ1) is 17.9. The second-order valence-electron chi connectivity index (χ2n) is 9.66. The summed E-state index contributed by atoms with van der Waals surface area (Å²) in [7, 11) is 0. The van der Waals surface area contributed by atoms with Crippen molar-refractivity contribution in [3.63, 3.8) is 0 Å². The average Bonchev–Trinajstić information content (AvgIpc) is 3.29. The van der Waals surface area contributed by atoms with Crippen LogP contribution in [0.15, 0.2) is 48.5 Å². The van der Waals surface area contributed by atoms with Gasteiger partial charge in [0, 0.05) is 38.3 Å². The van der Waals surface area contributed by atoms with E-state index in [-0.39, 0.29) is 36.8 Å². The van der Waals surface area contributed by atoms with Crippen molar-refractivity contribution in [3.05, 3.63) is 54.1 Å². The van der Waals surface area contributed by atoms with Crippen LogP contribution >= 0.6 is 0 Å². The van der Waals surface area contributed by atoms with Crippen LogP contribution in [0, 0.1) is 5.92 Å². The third-order valence-electron chi connectivity index (χ3n) is 6.49. The van der Waals surface area contributed by atoms with Crippen LogP contribution in [0.2, 0.25) is 0 Å². The number of carbonyl (C=O) groups is 3. The zero-order valence-electron chi connectivity index (χ0n) is 21.6. The summed E-state index contributed by atoms with van der Waals surface area (Å²) in [6, 6.07) is 14.3. The number of rotatable bonds is 10. The predicted molar refractivity (Wildman–Crippen MR) is 142 cm³/mol. The molecule has 2 aromatic rings. The van der Waals surface area contributed by atoms with Gasteiger partial charge < -0.3 is 25.0 Å². The Morgan fingerprint density at radius 3 is 2.54 bits per heavy atom. The zero-order chi connectivity index (χ0) is 26.2. The van der Waals surface area contributed by atoms with Gasteiger partial charge in [0.1, 0.15) is 5.75 Å². The Morgan fingerprint density at radius 1 is 1.08 bits per heavy atom. The Labute approximate surface area is 218 Å². The Bertz CT molecular complexity index is 1080. The number of amides is 3. The molecule has 2 saturated heterocycles. The number of ether oxygens (including phenoxy) is 2. The van der Waals surface area contributed by atoms with Crippen molar-refractivity contribution in [1.82, 2.24) is 10.2 Å². The molecule has 9 heteroatoms. The third kappa shape index (κ3) is 7.30. The summed E-state index contributed by atoms with van der Waals surface area (Å²) in [5, 5.41) is 5.83. The third-order valence-corrected chi connectivity index (χ3v) is 6.49. The number of nitrogens with zero attached hydrogens (tertiary/aromatic N) is 2. The van der Waals surface area contributed by atoms with Crippen LogP contribution in [0.3, 0.4) is 0 Å². The summed E-state index contributed by atoms with van der Waals surface area (Å²) >= 11 is 0. The fourth-order valence-corrected chi connectivity index (χ4v) is 4.56. The minimum atomic E-state index is -0.510. The van der Waals surface area contributed by atoms with Gasteiger partial charge in [-0.25, -0.2) is 0 Å². The van der Waals surface area contributed by atoms with E-state index in [1.54, 1.807) is 29.2 Å². The molecular weight excluding hydrogens is 472 g/mol. The van der Waals surface area contributed by atoms with Crippen molar-refractivity contribution < 1.29 is 23.9 Å². The van der Waals surface area contributed by atoms with Crippen molar-refractivity contribution in [2.24, 2.45) is 5.92 Å². The first kappa shape index (κ1) is 26.6. The van der Waals surface area contributed by atoms with Gasteiger partial charge in [-0.05, 0) is 63.2 Å². The van der Waals surface area contributed by atoms with E-state index in [4.69, 9.17) is 9.47 Å². The number of hydrogen-bond acceptors (Lipinski definition) is 6. The summed E-state index contributed by atoms with van der Waals surface area (Å²) in [5.41, 5.74) is 1.58. The molecule has 2 fully saturated rings. The highest BCUT2D eigenvalue weighted by Gasteiger charge is 2.35. The molecule has 0 aliphatic carbocycles. The smallest absolute Gasteiger partial charge is 0.253 e. The largest absolute Gasteiger partial charge is 0.491 e. The van der Waals surface area contributed by atoms with E-state index in [0.717, 1.165) is 50.7 Å². The summed E-state index contributed by atoms with van der Waals surface area (Å²) < 4.78 is 11.0. The number of para-hydroxylation sites is 1. The number of nitrogens with one attached hydrogen (secondary N) is 2. The Hall–Kier alpha value is -3.43. The Balaban J connectivity index is 1.30. The van der Waals surface area contributed by atoms with Crippen LogP contribution in [0.1, 0.15) is 37.0 Å². The summed E-state index contributed by atoms with van der Waals surface area (Å²) in [6.07, 6.45) is 1.02. The number of anilines is 2.